The van der Waals surface area contributed by atoms with Gasteiger partial charge in [-0.05, 0) is 50.1 Å². The highest BCUT2D eigenvalue weighted by Gasteiger charge is 2.19. The Hall–Kier alpha value is -0.770. The molecule has 2 N–H and O–H groups in total. The van der Waals surface area contributed by atoms with Crippen LogP contribution in [-0.4, -0.2) is 37.4 Å². The third kappa shape index (κ3) is 3.87. The molecule has 18 heavy (non-hydrogen) atoms. The van der Waals surface area contributed by atoms with Gasteiger partial charge in [0.05, 0.1) is 0 Å². The molecule has 3 nitrogen and oxygen atoms in total. The summed E-state index contributed by atoms with van der Waals surface area (Å²) in [6, 6.07) is 8.58. The Labute approximate surface area is 114 Å². The van der Waals surface area contributed by atoms with Crippen LogP contribution in [0, 0.1) is 0 Å². The van der Waals surface area contributed by atoms with E-state index in [2.05, 4.69) is 22.3 Å². The molecule has 0 aliphatic carbocycles. The van der Waals surface area contributed by atoms with Crippen molar-refractivity contribution in [1.82, 2.24) is 5.32 Å². The van der Waals surface area contributed by atoms with Crippen LogP contribution in [0.2, 0.25) is 5.02 Å². The molecule has 4 heteroatoms. The second kappa shape index (κ2) is 6.98. The van der Waals surface area contributed by atoms with Crippen LogP contribution in [0.15, 0.2) is 24.3 Å². The summed E-state index contributed by atoms with van der Waals surface area (Å²) < 4.78 is 0. The lowest BCUT2D eigenvalue weighted by atomic mass is 10.0. The van der Waals surface area contributed by atoms with Gasteiger partial charge in [-0.25, -0.2) is 0 Å². The van der Waals surface area contributed by atoms with Crippen LogP contribution in [0.1, 0.15) is 19.3 Å². The van der Waals surface area contributed by atoms with Gasteiger partial charge in [-0.1, -0.05) is 11.6 Å². The molecule has 1 aliphatic heterocycles. The van der Waals surface area contributed by atoms with Crippen LogP contribution in [0.4, 0.5) is 5.69 Å². The van der Waals surface area contributed by atoms with E-state index in [1.807, 2.05) is 12.1 Å². The lowest BCUT2D eigenvalue weighted by Crippen LogP contribution is -2.46. The first-order valence-corrected chi connectivity index (χ1v) is 7.02. The first-order valence-electron chi connectivity index (χ1n) is 6.64. The fraction of sp³-hybridized carbons (Fsp3) is 0.571. The van der Waals surface area contributed by atoms with Crippen molar-refractivity contribution in [3.63, 3.8) is 0 Å². The molecule has 1 saturated heterocycles. The molecule has 1 atom stereocenters. The summed E-state index contributed by atoms with van der Waals surface area (Å²) in [5.41, 5.74) is 1.24. The maximum atomic E-state index is 8.79. The summed E-state index contributed by atoms with van der Waals surface area (Å²) in [5, 5.41) is 13.1. The van der Waals surface area contributed by atoms with Crippen molar-refractivity contribution >= 4 is 17.3 Å². The van der Waals surface area contributed by atoms with Crippen LogP contribution >= 0.6 is 11.6 Å². The second-order valence-corrected chi connectivity index (χ2v) is 5.23. The molecule has 0 spiro atoms. The Bertz CT molecular complexity index is 355. The van der Waals surface area contributed by atoms with Crippen LogP contribution in [0.3, 0.4) is 0 Å². The van der Waals surface area contributed by atoms with Crippen molar-refractivity contribution in [3.8, 4) is 0 Å². The zero-order chi connectivity index (χ0) is 12.8. The largest absolute Gasteiger partial charge is 0.396 e. The first kappa shape index (κ1) is 13.7. The van der Waals surface area contributed by atoms with E-state index in [0.717, 1.165) is 31.1 Å². The van der Waals surface area contributed by atoms with Gasteiger partial charge >= 0.3 is 0 Å². The smallest absolute Gasteiger partial charge is 0.0443 e. The minimum atomic E-state index is 0.265. The maximum Gasteiger partial charge on any atom is 0.0443 e. The molecule has 1 aromatic carbocycles. The summed E-state index contributed by atoms with van der Waals surface area (Å²) in [6.07, 6.45) is 3.26. The van der Waals surface area contributed by atoms with E-state index in [9.17, 15) is 0 Å². The topological polar surface area (TPSA) is 35.5 Å². The van der Waals surface area contributed by atoms with Gasteiger partial charge in [-0.3, -0.25) is 0 Å². The molecule has 100 valence electrons. The molecule has 1 aliphatic rings. The van der Waals surface area contributed by atoms with E-state index in [-0.39, 0.29) is 6.61 Å². The van der Waals surface area contributed by atoms with Gasteiger partial charge in [0.15, 0.2) is 0 Å². The van der Waals surface area contributed by atoms with Crippen molar-refractivity contribution in [2.45, 2.75) is 25.3 Å². The number of nitrogens with one attached hydrogen (secondary N) is 1. The number of rotatable bonds is 5. The molecule has 0 amide bonds. The molecule has 1 fully saturated rings. The lowest BCUT2D eigenvalue weighted by molar-refractivity contribution is 0.280. The highest BCUT2D eigenvalue weighted by molar-refractivity contribution is 6.30. The third-order valence-corrected chi connectivity index (χ3v) is 3.63. The third-order valence-electron chi connectivity index (χ3n) is 3.38. The summed E-state index contributed by atoms with van der Waals surface area (Å²) in [6.45, 7) is 3.31. The Morgan fingerprint density at radius 1 is 1.33 bits per heavy atom. The minimum Gasteiger partial charge on any atom is -0.396 e. The average molecular weight is 269 g/mol. The van der Waals surface area contributed by atoms with E-state index in [1.165, 1.54) is 18.5 Å². The Morgan fingerprint density at radius 2 is 2.11 bits per heavy atom. The van der Waals surface area contributed by atoms with Gasteiger partial charge in [0.25, 0.3) is 0 Å². The highest BCUT2D eigenvalue weighted by atomic mass is 35.5. The van der Waals surface area contributed by atoms with Crippen LogP contribution in [0.25, 0.3) is 0 Å². The predicted molar refractivity (Wildman–Crippen MR) is 76.4 cm³/mol. The monoisotopic (exact) mass is 268 g/mol. The van der Waals surface area contributed by atoms with Gasteiger partial charge in [0.1, 0.15) is 0 Å². The number of halogens is 1. The Kier molecular flexibility index (Phi) is 5.29. The summed E-state index contributed by atoms with van der Waals surface area (Å²) >= 11 is 5.91. The summed E-state index contributed by atoms with van der Waals surface area (Å²) in [5.74, 6) is 0. The average Bonchev–Trinajstić information content (AvgIpc) is 2.40. The fourth-order valence-electron chi connectivity index (χ4n) is 2.42. The highest BCUT2D eigenvalue weighted by Crippen LogP contribution is 2.21. The molecule has 0 radical (unpaired) electrons. The van der Waals surface area contributed by atoms with Gasteiger partial charge in [0.2, 0.25) is 0 Å². The van der Waals surface area contributed by atoms with Crippen LogP contribution < -0.4 is 10.2 Å². The van der Waals surface area contributed by atoms with Gasteiger partial charge in [0, 0.05) is 36.4 Å². The molecule has 1 aromatic rings. The van der Waals surface area contributed by atoms with E-state index < -0.39 is 0 Å². The van der Waals surface area contributed by atoms with E-state index >= 15 is 0 Å². The minimum absolute atomic E-state index is 0.265. The molecule has 0 bridgehead atoms. The normalized spacial score (nSPS) is 20.1. The molecule has 1 heterocycles. The summed E-state index contributed by atoms with van der Waals surface area (Å²) in [4.78, 5) is 2.40. The number of nitrogens with zero attached hydrogens (tertiary/aromatic N) is 1. The molecule has 1 unspecified atom stereocenters. The number of hydrogen-bond donors (Lipinski definition) is 2. The molecule has 0 aromatic heterocycles. The second-order valence-electron chi connectivity index (χ2n) is 4.79. The number of aliphatic hydroxyl groups excluding tert-OH is 1. The van der Waals surface area contributed by atoms with Gasteiger partial charge in [-0.2, -0.15) is 0 Å². The zero-order valence-corrected chi connectivity index (χ0v) is 11.4. The van der Waals surface area contributed by atoms with Gasteiger partial charge in [-0.15, -0.1) is 0 Å². The van der Waals surface area contributed by atoms with Crippen molar-refractivity contribution in [2.75, 3.05) is 31.1 Å². The molecular formula is C14H21ClN2O. The maximum absolute atomic E-state index is 8.79. The first-order chi connectivity index (χ1) is 8.79. The number of piperidine rings is 1. The number of anilines is 1. The Morgan fingerprint density at radius 3 is 2.83 bits per heavy atom. The standard InChI is InChI=1S/C14H21ClN2O/c15-12-4-6-14(7-5-12)17-9-1-3-13(11-17)16-8-2-10-18/h4-7,13,16,18H,1-3,8-11H2. The van der Waals surface area contributed by atoms with Crippen LogP contribution in [-0.2, 0) is 0 Å². The molecule has 2 rings (SSSR count). The van der Waals surface area contributed by atoms with Crippen molar-refractivity contribution in [3.05, 3.63) is 29.3 Å². The molecule has 0 saturated carbocycles. The van der Waals surface area contributed by atoms with Gasteiger partial charge < -0.3 is 15.3 Å². The van der Waals surface area contributed by atoms with Crippen LogP contribution in [0.5, 0.6) is 0 Å². The lowest BCUT2D eigenvalue weighted by Gasteiger charge is -2.35. The number of aliphatic hydroxyl groups is 1. The summed E-state index contributed by atoms with van der Waals surface area (Å²) in [7, 11) is 0. The number of benzene rings is 1. The Balaban J connectivity index is 1.88. The SMILES string of the molecule is OCCCNC1CCCN(c2ccc(Cl)cc2)C1. The zero-order valence-electron chi connectivity index (χ0n) is 10.6. The van der Waals surface area contributed by atoms with E-state index in [4.69, 9.17) is 16.7 Å². The fourth-order valence-corrected chi connectivity index (χ4v) is 2.54. The van der Waals surface area contributed by atoms with E-state index in [0.29, 0.717) is 6.04 Å². The van der Waals surface area contributed by atoms with Crippen molar-refractivity contribution < 1.29 is 5.11 Å². The quantitative estimate of drug-likeness (QED) is 0.805. The number of hydrogen-bond acceptors (Lipinski definition) is 3. The van der Waals surface area contributed by atoms with Crippen molar-refractivity contribution in [1.29, 1.82) is 0 Å². The van der Waals surface area contributed by atoms with Crippen molar-refractivity contribution in [2.24, 2.45) is 0 Å². The molecular weight excluding hydrogens is 248 g/mol. The predicted octanol–water partition coefficient (Wildman–Crippen LogP) is 2.28. The van der Waals surface area contributed by atoms with E-state index in [1.54, 1.807) is 0 Å².